The summed E-state index contributed by atoms with van der Waals surface area (Å²) in [5.74, 6) is 0.0281. The Morgan fingerprint density at radius 2 is 1.84 bits per heavy atom. The van der Waals surface area contributed by atoms with Gasteiger partial charge in [-0.25, -0.2) is 9.78 Å². The number of hydrogen-bond donors (Lipinski definition) is 2. The first-order valence-electron chi connectivity index (χ1n) is 13.5. The lowest BCUT2D eigenvalue weighted by atomic mass is 9.84. The van der Waals surface area contributed by atoms with Crippen LogP contribution in [0.15, 0.2) is 41.8 Å². The van der Waals surface area contributed by atoms with E-state index in [0.717, 1.165) is 44.8 Å². The van der Waals surface area contributed by atoms with E-state index in [4.69, 9.17) is 10.7 Å². The number of para-hydroxylation sites is 1. The molecule has 1 aliphatic carbocycles. The number of pyridine rings is 1. The molecule has 1 unspecified atom stereocenters. The lowest BCUT2D eigenvalue weighted by Crippen LogP contribution is -2.54. The van der Waals surface area contributed by atoms with E-state index in [1.165, 1.54) is 19.3 Å². The van der Waals surface area contributed by atoms with E-state index >= 15 is 0 Å². The number of hydrogen-bond acceptors (Lipinski definition) is 6. The molecule has 3 aromatic rings. The molecular formula is C29H35N5O3S. The smallest absolute Gasteiger partial charge is 0.321 e. The van der Waals surface area contributed by atoms with Crippen LogP contribution in [0.2, 0.25) is 0 Å². The van der Waals surface area contributed by atoms with Crippen molar-refractivity contribution < 1.29 is 14.4 Å². The van der Waals surface area contributed by atoms with Gasteiger partial charge in [-0.15, -0.1) is 11.3 Å². The Hall–Kier alpha value is -3.30. The van der Waals surface area contributed by atoms with E-state index in [-0.39, 0.29) is 37.0 Å². The monoisotopic (exact) mass is 533 g/mol. The fraction of sp³-hybridized carbons (Fsp3) is 0.448. The summed E-state index contributed by atoms with van der Waals surface area (Å²) in [5.41, 5.74) is 8.33. The van der Waals surface area contributed by atoms with Crippen molar-refractivity contribution in [3.63, 3.8) is 0 Å². The molecule has 3 heterocycles. The fourth-order valence-corrected chi connectivity index (χ4v) is 6.68. The molecule has 3 N–H and O–H groups in total. The van der Waals surface area contributed by atoms with Gasteiger partial charge < -0.3 is 11.1 Å². The Bertz CT molecular complexity index is 1340. The molecule has 2 atom stereocenters. The number of amides is 4. The average molecular weight is 534 g/mol. The SMILES string of the molecule is CC(NC(=O)c1c([C@H](C)N2CCN(C(N)=O)C(=O)C2)c(-c2cccs2)nc2ccccc12)C1CCCCC1. The van der Waals surface area contributed by atoms with Gasteiger partial charge in [0.25, 0.3) is 5.91 Å². The van der Waals surface area contributed by atoms with Crippen molar-refractivity contribution in [3.8, 4) is 10.6 Å². The van der Waals surface area contributed by atoms with E-state index in [1.54, 1.807) is 11.3 Å². The van der Waals surface area contributed by atoms with E-state index in [2.05, 4.69) is 12.2 Å². The van der Waals surface area contributed by atoms with Crippen LogP contribution in [0, 0.1) is 5.92 Å². The van der Waals surface area contributed by atoms with Gasteiger partial charge in [0.1, 0.15) is 0 Å². The van der Waals surface area contributed by atoms with Gasteiger partial charge >= 0.3 is 6.03 Å². The minimum absolute atomic E-state index is 0.0420. The topological polar surface area (TPSA) is 109 Å². The molecule has 200 valence electrons. The van der Waals surface area contributed by atoms with E-state index in [0.29, 0.717) is 18.0 Å². The molecule has 5 rings (SSSR count). The second-order valence-corrected chi connectivity index (χ2v) is 11.4. The number of urea groups is 1. The molecule has 1 saturated carbocycles. The van der Waals surface area contributed by atoms with Crippen LogP contribution in [0.4, 0.5) is 4.79 Å². The van der Waals surface area contributed by atoms with Crippen molar-refractivity contribution in [2.24, 2.45) is 11.7 Å². The van der Waals surface area contributed by atoms with E-state index in [9.17, 15) is 14.4 Å². The van der Waals surface area contributed by atoms with Gasteiger partial charge in [-0.3, -0.25) is 19.4 Å². The number of rotatable bonds is 6. The Morgan fingerprint density at radius 1 is 1.08 bits per heavy atom. The van der Waals surface area contributed by atoms with Crippen molar-refractivity contribution in [3.05, 3.63) is 52.9 Å². The van der Waals surface area contributed by atoms with Gasteiger partial charge in [0.05, 0.1) is 28.2 Å². The zero-order valence-electron chi connectivity index (χ0n) is 22.0. The Labute approximate surface area is 227 Å². The van der Waals surface area contributed by atoms with Crippen LogP contribution < -0.4 is 11.1 Å². The fourth-order valence-electron chi connectivity index (χ4n) is 5.95. The maximum absolute atomic E-state index is 14.2. The number of piperazine rings is 1. The van der Waals surface area contributed by atoms with Gasteiger partial charge in [-0.2, -0.15) is 0 Å². The van der Waals surface area contributed by atoms with Crippen LogP contribution in [0.3, 0.4) is 0 Å². The lowest BCUT2D eigenvalue weighted by molar-refractivity contribution is -0.133. The van der Waals surface area contributed by atoms with Crippen molar-refractivity contribution >= 4 is 40.1 Å². The lowest BCUT2D eigenvalue weighted by Gasteiger charge is -2.37. The molecule has 2 aliphatic rings. The third-order valence-corrected chi connectivity index (χ3v) is 8.99. The van der Waals surface area contributed by atoms with Crippen molar-refractivity contribution in [2.75, 3.05) is 19.6 Å². The molecule has 0 spiro atoms. The predicted molar refractivity (Wildman–Crippen MR) is 150 cm³/mol. The van der Waals surface area contributed by atoms with E-state index in [1.807, 2.05) is 53.6 Å². The first kappa shape index (κ1) is 26.3. The van der Waals surface area contributed by atoms with Crippen LogP contribution in [0.1, 0.15) is 67.9 Å². The maximum Gasteiger partial charge on any atom is 0.321 e. The molecule has 1 aliphatic heterocycles. The van der Waals surface area contributed by atoms with Gasteiger partial charge in [-0.1, -0.05) is 43.5 Å². The second kappa shape index (κ2) is 11.2. The minimum Gasteiger partial charge on any atom is -0.351 e. The van der Waals surface area contributed by atoms with Crippen LogP contribution in [-0.4, -0.2) is 58.3 Å². The number of nitrogens with zero attached hydrogens (tertiary/aromatic N) is 3. The number of imide groups is 1. The first-order chi connectivity index (χ1) is 18.3. The molecule has 9 heteroatoms. The van der Waals surface area contributed by atoms with Gasteiger partial charge in [0, 0.05) is 36.1 Å². The molecule has 4 amide bonds. The predicted octanol–water partition coefficient (Wildman–Crippen LogP) is 4.95. The zero-order valence-corrected chi connectivity index (χ0v) is 22.8. The number of aromatic nitrogens is 1. The highest BCUT2D eigenvalue weighted by molar-refractivity contribution is 7.13. The highest BCUT2D eigenvalue weighted by Crippen LogP contribution is 2.39. The average Bonchev–Trinajstić information content (AvgIpc) is 3.46. The van der Waals surface area contributed by atoms with Gasteiger partial charge in [-0.05, 0) is 50.1 Å². The van der Waals surface area contributed by atoms with Crippen molar-refractivity contribution in [2.45, 2.75) is 58.0 Å². The quantitative estimate of drug-likeness (QED) is 0.466. The van der Waals surface area contributed by atoms with Crippen molar-refractivity contribution in [1.29, 1.82) is 0 Å². The summed E-state index contributed by atoms with van der Waals surface area (Å²) in [4.78, 5) is 47.7. The van der Waals surface area contributed by atoms with Crippen molar-refractivity contribution in [1.82, 2.24) is 20.1 Å². The Kier molecular flexibility index (Phi) is 7.76. The van der Waals surface area contributed by atoms with Crippen LogP contribution >= 0.6 is 11.3 Å². The third kappa shape index (κ3) is 5.17. The Morgan fingerprint density at radius 3 is 2.53 bits per heavy atom. The molecule has 1 aromatic carbocycles. The summed E-state index contributed by atoms with van der Waals surface area (Å²) in [6.45, 7) is 4.85. The molecule has 0 radical (unpaired) electrons. The molecule has 8 nitrogen and oxygen atoms in total. The summed E-state index contributed by atoms with van der Waals surface area (Å²) in [7, 11) is 0. The number of thiophene rings is 1. The molecule has 2 fully saturated rings. The highest BCUT2D eigenvalue weighted by Gasteiger charge is 2.35. The Balaban J connectivity index is 1.60. The molecule has 1 saturated heterocycles. The third-order valence-electron chi connectivity index (χ3n) is 8.11. The molecule has 0 bridgehead atoms. The summed E-state index contributed by atoms with van der Waals surface area (Å²) in [5, 5.41) is 6.14. The van der Waals surface area contributed by atoms with E-state index < -0.39 is 6.03 Å². The number of nitrogens with one attached hydrogen (secondary N) is 1. The normalized spacial score (nSPS) is 18.9. The maximum atomic E-state index is 14.2. The largest absolute Gasteiger partial charge is 0.351 e. The number of carbonyl (C=O) groups excluding carboxylic acids is 3. The summed E-state index contributed by atoms with van der Waals surface area (Å²) < 4.78 is 0. The first-order valence-corrected chi connectivity index (χ1v) is 14.3. The zero-order chi connectivity index (χ0) is 26.8. The minimum atomic E-state index is -0.731. The molecule has 38 heavy (non-hydrogen) atoms. The van der Waals surface area contributed by atoms with Gasteiger partial charge in [0.2, 0.25) is 5.91 Å². The number of benzene rings is 1. The standard InChI is InChI=1S/C29H35N5O3S/c1-18(20-9-4-3-5-10-20)31-28(36)26-21-11-6-7-12-22(21)32-27(23-13-8-16-38-23)25(26)19(2)33-14-15-34(29(30)37)24(35)17-33/h6-8,11-13,16,18-20H,3-5,9-10,14-15,17H2,1-2H3,(H2,30,37)(H,31,36)/t18?,19-/m0/s1. The number of primary amides is 1. The summed E-state index contributed by atoms with van der Waals surface area (Å²) in [6.07, 6.45) is 5.95. The van der Waals surface area contributed by atoms with Gasteiger partial charge in [0.15, 0.2) is 0 Å². The second-order valence-electron chi connectivity index (χ2n) is 10.4. The molecular weight excluding hydrogens is 498 g/mol. The number of nitrogens with two attached hydrogens (primary N) is 1. The summed E-state index contributed by atoms with van der Waals surface area (Å²) in [6, 6.07) is 10.8. The van der Waals surface area contributed by atoms with Crippen LogP contribution in [0.5, 0.6) is 0 Å². The van der Waals surface area contributed by atoms with Crippen LogP contribution in [-0.2, 0) is 4.79 Å². The number of fused-ring (bicyclic) bond motifs is 1. The summed E-state index contributed by atoms with van der Waals surface area (Å²) >= 11 is 1.58. The number of carbonyl (C=O) groups is 3. The highest BCUT2D eigenvalue weighted by atomic mass is 32.1. The van der Waals surface area contributed by atoms with Crippen LogP contribution in [0.25, 0.3) is 21.5 Å². The molecule has 2 aromatic heterocycles.